The summed E-state index contributed by atoms with van der Waals surface area (Å²) in [4.78, 5) is 49.4. The zero-order valence-electron chi connectivity index (χ0n) is 22.5. The molecule has 0 spiro atoms. The number of carbonyl (C=O) groups excluding carboxylic acids is 4. The van der Waals surface area contributed by atoms with E-state index in [1.165, 1.54) is 14.2 Å². The summed E-state index contributed by atoms with van der Waals surface area (Å²) in [6, 6.07) is 23.3. The first-order valence-corrected chi connectivity index (χ1v) is 12.8. The average molecular weight is 547 g/mol. The monoisotopic (exact) mass is 546 g/mol. The van der Waals surface area contributed by atoms with E-state index < -0.39 is 36.1 Å². The van der Waals surface area contributed by atoms with E-state index >= 15 is 0 Å². The Bertz CT molecular complexity index is 1170. The van der Waals surface area contributed by atoms with Crippen LogP contribution in [0.25, 0.3) is 0 Å². The van der Waals surface area contributed by atoms with Crippen LogP contribution in [0.2, 0.25) is 0 Å². The summed E-state index contributed by atoms with van der Waals surface area (Å²) in [5.41, 5.74) is 3.37. The highest BCUT2D eigenvalue weighted by atomic mass is 16.5. The van der Waals surface area contributed by atoms with E-state index in [1.807, 2.05) is 84.9 Å². The zero-order chi connectivity index (χ0) is 28.7. The lowest BCUT2D eigenvalue weighted by Crippen LogP contribution is -2.47. The van der Waals surface area contributed by atoms with Crippen molar-refractivity contribution in [3.8, 4) is 0 Å². The lowest BCUT2D eigenvalue weighted by Gasteiger charge is -2.18. The highest BCUT2D eigenvalue weighted by Gasteiger charge is 2.23. The number of rotatable bonds is 12. The maximum Gasteiger partial charge on any atom is 0.328 e. The number of hydrogen-bond acceptors (Lipinski definition) is 6. The van der Waals surface area contributed by atoms with Crippen LogP contribution in [0.1, 0.15) is 22.3 Å². The summed E-state index contributed by atoms with van der Waals surface area (Å²) in [5, 5.41) is 10.8. The summed E-state index contributed by atoms with van der Waals surface area (Å²) in [5.74, 6) is -1.08. The lowest BCUT2D eigenvalue weighted by atomic mass is 10.1. The third-order valence-electron chi connectivity index (χ3n) is 6.04. The van der Waals surface area contributed by atoms with E-state index in [9.17, 15) is 19.2 Å². The maximum atomic E-state index is 12.5. The normalized spacial score (nSPS) is 11.8. The van der Waals surface area contributed by atoms with E-state index in [1.54, 1.807) is 0 Å². The van der Waals surface area contributed by atoms with Gasteiger partial charge in [-0.2, -0.15) is 0 Å². The van der Waals surface area contributed by atoms with E-state index in [4.69, 9.17) is 9.47 Å². The molecule has 0 aliphatic rings. The van der Waals surface area contributed by atoms with Crippen molar-refractivity contribution in [3.05, 3.63) is 107 Å². The molecule has 0 radical (unpaired) electrons. The molecule has 0 bridgehead atoms. The molecule has 0 aromatic heterocycles. The molecule has 0 aliphatic carbocycles. The SMILES string of the molecule is COC(=O)C(Cc1ccccc1)NC(=O)NCc1cccc(CNC(=O)NC(Cc2ccccc2)C(=O)OC)c1. The minimum absolute atomic E-state index is 0.201. The predicted molar refractivity (Wildman–Crippen MR) is 149 cm³/mol. The van der Waals surface area contributed by atoms with E-state index in [-0.39, 0.29) is 13.1 Å². The van der Waals surface area contributed by atoms with Crippen LogP contribution in [-0.4, -0.2) is 50.3 Å². The Balaban J connectivity index is 1.50. The second kappa shape index (κ2) is 15.5. The fourth-order valence-electron chi connectivity index (χ4n) is 4.00. The fourth-order valence-corrected chi connectivity index (χ4v) is 4.00. The summed E-state index contributed by atoms with van der Waals surface area (Å²) < 4.78 is 9.67. The van der Waals surface area contributed by atoms with Gasteiger partial charge in [-0.3, -0.25) is 0 Å². The quantitative estimate of drug-likeness (QED) is 0.258. The van der Waals surface area contributed by atoms with Crippen molar-refractivity contribution in [1.82, 2.24) is 21.3 Å². The molecular weight excluding hydrogens is 512 g/mol. The number of benzene rings is 3. The Hall–Kier alpha value is -4.86. The molecule has 210 valence electrons. The Labute approximate surface area is 233 Å². The first kappa shape index (κ1) is 29.7. The molecule has 4 amide bonds. The number of esters is 2. The number of methoxy groups -OCH3 is 2. The highest BCUT2D eigenvalue weighted by Crippen LogP contribution is 2.08. The number of nitrogens with one attached hydrogen (secondary N) is 4. The zero-order valence-corrected chi connectivity index (χ0v) is 22.5. The largest absolute Gasteiger partial charge is 0.467 e. The second-order valence-corrected chi connectivity index (χ2v) is 9.00. The molecule has 2 unspecified atom stereocenters. The van der Waals surface area contributed by atoms with Crippen LogP contribution < -0.4 is 21.3 Å². The van der Waals surface area contributed by atoms with Crippen molar-refractivity contribution < 1.29 is 28.7 Å². The van der Waals surface area contributed by atoms with Crippen LogP contribution in [0.4, 0.5) is 9.59 Å². The fraction of sp³-hybridized carbons (Fsp3) is 0.267. The molecular formula is C30H34N4O6. The van der Waals surface area contributed by atoms with Gasteiger partial charge in [0.15, 0.2) is 0 Å². The molecule has 0 fully saturated rings. The molecule has 0 aliphatic heterocycles. The highest BCUT2D eigenvalue weighted by molar-refractivity contribution is 5.84. The van der Waals surface area contributed by atoms with Gasteiger partial charge in [-0.1, -0.05) is 84.9 Å². The van der Waals surface area contributed by atoms with E-state index in [2.05, 4.69) is 21.3 Å². The molecule has 40 heavy (non-hydrogen) atoms. The lowest BCUT2D eigenvalue weighted by molar-refractivity contribution is -0.143. The average Bonchev–Trinajstić information content (AvgIpc) is 2.98. The van der Waals surface area contributed by atoms with Crippen molar-refractivity contribution in [2.24, 2.45) is 0 Å². The Morgan fingerprint density at radius 1 is 0.575 bits per heavy atom. The molecule has 4 N–H and O–H groups in total. The number of hydrogen-bond donors (Lipinski definition) is 4. The van der Waals surface area contributed by atoms with Gasteiger partial charge in [-0.25, -0.2) is 19.2 Å². The number of amides is 4. The Morgan fingerprint density at radius 2 is 0.950 bits per heavy atom. The van der Waals surface area contributed by atoms with Crippen molar-refractivity contribution in [3.63, 3.8) is 0 Å². The van der Waals surface area contributed by atoms with E-state index in [0.29, 0.717) is 12.8 Å². The molecule has 10 heteroatoms. The van der Waals surface area contributed by atoms with Crippen LogP contribution in [0, 0.1) is 0 Å². The van der Waals surface area contributed by atoms with Gasteiger partial charge in [0, 0.05) is 25.9 Å². The molecule has 0 saturated carbocycles. The topological polar surface area (TPSA) is 135 Å². The van der Waals surface area contributed by atoms with Gasteiger partial charge in [0.25, 0.3) is 0 Å². The molecule has 0 heterocycles. The molecule has 10 nitrogen and oxygen atoms in total. The maximum absolute atomic E-state index is 12.5. The van der Waals surface area contributed by atoms with Crippen LogP contribution in [0.5, 0.6) is 0 Å². The third-order valence-corrected chi connectivity index (χ3v) is 6.04. The van der Waals surface area contributed by atoms with Gasteiger partial charge in [0.2, 0.25) is 0 Å². The van der Waals surface area contributed by atoms with Crippen LogP contribution in [0.15, 0.2) is 84.9 Å². The molecule has 3 aromatic carbocycles. The van der Waals surface area contributed by atoms with Crippen molar-refractivity contribution in [1.29, 1.82) is 0 Å². The standard InChI is InChI=1S/C30H34N4O6/c1-39-27(35)25(17-21-10-5-3-6-11-21)33-29(37)31-19-23-14-9-15-24(16-23)20-32-30(38)34-26(28(36)40-2)18-22-12-7-4-8-13-22/h3-16,25-26H,17-20H2,1-2H3,(H2,31,33,37)(H2,32,34,38). The molecule has 2 atom stereocenters. The van der Waals surface area contributed by atoms with Crippen LogP contribution in [-0.2, 0) is 45.0 Å². The van der Waals surface area contributed by atoms with Crippen LogP contribution >= 0.6 is 0 Å². The van der Waals surface area contributed by atoms with Gasteiger partial charge in [0.1, 0.15) is 12.1 Å². The molecule has 3 rings (SSSR count). The van der Waals surface area contributed by atoms with Crippen molar-refractivity contribution in [2.75, 3.05) is 14.2 Å². The van der Waals surface area contributed by atoms with Gasteiger partial charge in [-0.05, 0) is 22.3 Å². The minimum Gasteiger partial charge on any atom is -0.467 e. The summed E-state index contributed by atoms with van der Waals surface area (Å²) in [6.45, 7) is 0.402. The Kier molecular flexibility index (Phi) is 11.5. The molecule has 3 aromatic rings. The Morgan fingerprint density at radius 3 is 1.32 bits per heavy atom. The van der Waals surface area contributed by atoms with Gasteiger partial charge < -0.3 is 30.7 Å². The predicted octanol–water partition coefficient (Wildman–Crippen LogP) is 2.85. The van der Waals surface area contributed by atoms with E-state index in [0.717, 1.165) is 22.3 Å². The number of ether oxygens (including phenoxy) is 2. The van der Waals surface area contributed by atoms with Crippen LogP contribution in [0.3, 0.4) is 0 Å². The minimum atomic E-state index is -0.836. The van der Waals surface area contributed by atoms with Gasteiger partial charge >= 0.3 is 24.0 Å². The van der Waals surface area contributed by atoms with Gasteiger partial charge in [-0.15, -0.1) is 0 Å². The van der Waals surface area contributed by atoms with Crippen molar-refractivity contribution in [2.45, 2.75) is 38.0 Å². The summed E-state index contributed by atoms with van der Waals surface area (Å²) in [7, 11) is 2.55. The second-order valence-electron chi connectivity index (χ2n) is 9.00. The smallest absolute Gasteiger partial charge is 0.328 e. The molecule has 0 saturated heterocycles. The number of urea groups is 2. The third kappa shape index (κ3) is 9.79. The van der Waals surface area contributed by atoms with Crippen molar-refractivity contribution >= 4 is 24.0 Å². The number of carbonyl (C=O) groups is 4. The summed E-state index contributed by atoms with van der Waals surface area (Å²) in [6.07, 6.45) is 0.596. The first-order valence-electron chi connectivity index (χ1n) is 12.8. The first-order chi connectivity index (χ1) is 19.4. The summed E-state index contributed by atoms with van der Waals surface area (Å²) >= 11 is 0. The van der Waals surface area contributed by atoms with Gasteiger partial charge in [0.05, 0.1) is 14.2 Å².